The molecule has 0 saturated carbocycles. The molecule has 0 unspecified atom stereocenters. The zero-order valence-electron chi connectivity index (χ0n) is 40.7. The lowest BCUT2D eigenvalue weighted by molar-refractivity contribution is -0.137. The molecule has 10 N–H and O–H groups in total. The summed E-state index contributed by atoms with van der Waals surface area (Å²) in [5, 5.41) is 25.2. The van der Waals surface area contributed by atoms with Gasteiger partial charge in [-0.2, -0.15) is 0 Å². The van der Waals surface area contributed by atoms with Gasteiger partial charge in [0, 0.05) is 57.7 Å². The third kappa shape index (κ3) is 18.5. The van der Waals surface area contributed by atoms with Gasteiger partial charge in [0.05, 0.1) is 52.3 Å². The minimum atomic E-state index is -0.994. The molecule has 24 heteroatoms. The first-order valence-corrected chi connectivity index (χ1v) is 23.5. The zero-order valence-corrected chi connectivity index (χ0v) is 40.7. The second kappa shape index (κ2) is 29.2. The number of nitrogen functional groups attached to an aromatic ring is 1. The molecule has 2 aromatic heterocycles. The third-order valence-electron chi connectivity index (χ3n) is 10.5. The van der Waals surface area contributed by atoms with E-state index in [9.17, 15) is 33.6 Å². The number of urea groups is 1. The fourth-order valence-corrected chi connectivity index (χ4v) is 6.88. The van der Waals surface area contributed by atoms with Crippen LogP contribution >= 0.6 is 0 Å². The van der Waals surface area contributed by atoms with E-state index < -0.39 is 47.7 Å². The van der Waals surface area contributed by atoms with Gasteiger partial charge in [0.1, 0.15) is 23.1 Å². The van der Waals surface area contributed by atoms with Crippen molar-refractivity contribution in [3.8, 4) is 5.88 Å². The fourth-order valence-electron chi connectivity index (χ4n) is 6.88. The molecule has 0 fully saturated rings. The second-order valence-electron chi connectivity index (χ2n) is 16.9. The Labute approximate surface area is 407 Å². The minimum Gasteiger partial charge on any atom is -0.472 e. The van der Waals surface area contributed by atoms with Crippen molar-refractivity contribution in [3.05, 3.63) is 47.5 Å². The van der Waals surface area contributed by atoms with E-state index in [4.69, 9.17) is 35.4 Å². The molecule has 70 heavy (non-hydrogen) atoms. The summed E-state index contributed by atoms with van der Waals surface area (Å²) in [6, 6.07) is 4.98. The topological polar surface area (TPSA) is 327 Å². The number of aromatic nitrogens is 4. The van der Waals surface area contributed by atoms with E-state index in [1.165, 1.54) is 12.2 Å². The van der Waals surface area contributed by atoms with Gasteiger partial charge in [0.2, 0.25) is 29.6 Å². The lowest BCUT2D eigenvalue weighted by Crippen LogP contribution is -2.55. The normalized spacial score (nSPS) is 13.2. The fraction of sp³-hybridized carbons (Fsp3) is 0.565. The number of amides is 8. The summed E-state index contributed by atoms with van der Waals surface area (Å²) in [7, 11) is 0. The van der Waals surface area contributed by atoms with Crippen molar-refractivity contribution in [2.45, 2.75) is 98.0 Å². The molecule has 0 radical (unpaired) electrons. The van der Waals surface area contributed by atoms with Crippen LogP contribution in [0.15, 0.2) is 36.4 Å². The average molecular weight is 980 g/mol. The predicted molar refractivity (Wildman–Crippen MR) is 258 cm³/mol. The number of carbonyl (C=O) groups is 7. The smallest absolute Gasteiger partial charge is 0.312 e. The summed E-state index contributed by atoms with van der Waals surface area (Å²) in [5.74, 6) is -1.82. The Morgan fingerprint density at radius 1 is 0.743 bits per heavy atom. The largest absolute Gasteiger partial charge is 0.472 e. The number of fused-ring (bicyclic) bond motifs is 1. The molecule has 8 amide bonds. The van der Waals surface area contributed by atoms with Crippen LogP contribution in [0.1, 0.15) is 77.8 Å². The molecule has 2 atom stereocenters. The van der Waals surface area contributed by atoms with Crippen molar-refractivity contribution in [3.63, 3.8) is 0 Å². The van der Waals surface area contributed by atoms with Crippen LogP contribution in [-0.4, -0.2) is 150 Å². The second-order valence-corrected chi connectivity index (χ2v) is 16.9. The molecular formula is C46H69N13O11. The van der Waals surface area contributed by atoms with E-state index in [2.05, 4.69) is 49.0 Å². The summed E-state index contributed by atoms with van der Waals surface area (Å²) in [5.41, 5.74) is 14.2. The van der Waals surface area contributed by atoms with Gasteiger partial charge < -0.3 is 66.9 Å². The summed E-state index contributed by atoms with van der Waals surface area (Å²) in [6.07, 6.45) is 3.52. The van der Waals surface area contributed by atoms with Gasteiger partial charge in [0.25, 0.3) is 17.7 Å². The summed E-state index contributed by atoms with van der Waals surface area (Å²) in [4.78, 5) is 92.3. The van der Waals surface area contributed by atoms with Gasteiger partial charge in [-0.05, 0) is 50.2 Å². The van der Waals surface area contributed by atoms with Crippen LogP contribution in [0.2, 0.25) is 0 Å². The number of nitrogens with one attached hydrogen (secondary N) is 6. The van der Waals surface area contributed by atoms with Crippen molar-refractivity contribution >= 4 is 64.3 Å². The van der Waals surface area contributed by atoms with Crippen LogP contribution in [0, 0.1) is 5.92 Å². The lowest BCUT2D eigenvalue weighted by Gasteiger charge is -2.25. The Bertz CT molecular complexity index is 2230. The molecule has 1 aromatic carbocycles. The van der Waals surface area contributed by atoms with Crippen molar-refractivity contribution in [2.75, 3.05) is 76.9 Å². The Balaban J connectivity index is 1.20. The third-order valence-corrected chi connectivity index (χ3v) is 10.5. The van der Waals surface area contributed by atoms with Crippen LogP contribution in [0.5, 0.6) is 5.88 Å². The van der Waals surface area contributed by atoms with Crippen molar-refractivity contribution in [1.29, 1.82) is 0 Å². The SMILES string of the molecule is CCCNc1nc2c(N)nnc(OC(C)C)c2n1Cc1ccc(CNC(=O)[C@H](CCCNC(N)=O)NC(=O)[C@@H](NC(=O)CCOCCOCCOCCNC(=O)CCN2C(=O)C=CC2=O)C(C)C)cc1. The Hall–Kier alpha value is -6.92. The number of hydrogen-bond acceptors (Lipinski definition) is 16. The number of nitrogens with zero attached hydrogens (tertiary/aromatic N) is 5. The molecule has 0 aliphatic carbocycles. The highest BCUT2D eigenvalue weighted by molar-refractivity contribution is 6.13. The van der Waals surface area contributed by atoms with Crippen molar-refractivity contribution < 1.29 is 52.5 Å². The average Bonchev–Trinajstić information content (AvgIpc) is 3.85. The van der Waals surface area contributed by atoms with Crippen LogP contribution in [0.25, 0.3) is 11.0 Å². The monoisotopic (exact) mass is 980 g/mol. The summed E-state index contributed by atoms with van der Waals surface area (Å²) < 4.78 is 24.4. The van der Waals surface area contributed by atoms with Gasteiger partial charge in [0.15, 0.2) is 5.82 Å². The van der Waals surface area contributed by atoms with Crippen molar-refractivity contribution in [1.82, 2.24) is 51.2 Å². The number of carbonyl (C=O) groups excluding carboxylic acids is 7. The molecule has 3 heterocycles. The van der Waals surface area contributed by atoms with E-state index in [1.807, 2.05) is 42.7 Å². The van der Waals surface area contributed by atoms with Gasteiger partial charge in [-0.1, -0.05) is 45.0 Å². The highest BCUT2D eigenvalue weighted by atomic mass is 16.5. The molecular weight excluding hydrogens is 911 g/mol. The molecule has 3 aromatic rings. The minimum absolute atomic E-state index is 0.00388. The quantitative estimate of drug-likeness (QED) is 0.0307. The zero-order chi connectivity index (χ0) is 51.0. The maximum atomic E-state index is 13.6. The molecule has 1 aliphatic heterocycles. The highest BCUT2D eigenvalue weighted by Crippen LogP contribution is 2.31. The Kier molecular flexibility index (Phi) is 23.2. The molecule has 0 bridgehead atoms. The summed E-state index contributed by atoms with van der Waals surface area (Å²) >= 11 is 0. The van der Waals surface area contributed by atoms with E-state index in [0.717, 1.165) is 22.4 Å². The van der Waals surface area contributed by atoms with E-state index >= 15 is 0 Å². The number of hydrogen-bond donors (Lipinski definition) is 8. The van der Waals surface area contributed by atoms with Crippen LogP contribution in [-0.2, 0) is 56.1 Å². The van der Waals surface area contributed by atoms with Gasteiger partial charge in [-0.3, -0.25) is 33.7 Å². The standard InChI is InChI=1S/C46H69N13O11/c1-6-17-51-46-55-39-40(44(70-30(4)5)57-56-41(39)47)59(46)28-32-11-9-31(10-12-32)27-52-42(64)33(8-7-18-50-45(48)66)53-43(65)38(29(2)3)54-35(61)16-21-67-23-25-69-26-24-68-22-19-49-34(60)15-20-58-36(62)13-14-37(58)63/h9-14,29-30,33,38H,6-8,15-28H2,1-5H3,(H2,47,56)(H,49,60)(H,51,55)(H,52,64)(H,53,65)(H,54,61)(H3,48,50,66)/t33-,38-/m0/s1. The predicted octanol–water partition coefficient (Wildman–Crippen LogP) is 0.627. The number of benzene rings is 1. The van der Waals surface area contributed by atoms with Gasteiger partial charge >= 0.3 is 6.03 Å². The Morgan fingerprint density at radius 2 is 1.40 bits per heavy atom. The molecule has 24 nitrogen and oxygen atoms in total. The number of nitrogens with two attached hydrogens (primary N) is 2. The maximum Gasteiger partial charge on any atom is 0.312 e. The van der Waals surface area contributed by atoms with Crippen molar-refractivity contribution in [2.24, 2.45) is 11.7 Å². The van der Waals surface area contributed by atoms with Crippen LogP contribution < -0.4 is 48.1 Å². The maximum absolute atomic E-state index is 13.6. The number of rotatable bonds is 33. The highest BCUT2D eigenvalue weighted by Gasteiger charge is 2.29. The number of primary amides is 1. The lowest BCUT2D eigenvalue weighted by atomic mass is 10.0. The van der Waals surface area contributed by atoms with Crippen LogP contribution in [0.3, 0.4) is 0 Å². The molecule has 4 rings (SSSR count). The molecule has 1 aliphatic rings. The number of imide groups is 1. The molecule has 0 spiro atoms. The molecule has 0 saturated heterocycles. The first-order valence-electron chi connectivity index (χ1n) is 23.5. The summed E-state index contributed by atoms with van der Waals surface area (Å²) in [6.45, 7) is 12.4. The number of anilines is 2. The van der Waals surface area contributed by atoms with Crippen LogP contribution in [0.4, 0.5) is 16.6 Å². The molecule has 384 valence electrons. The van der Waals surface area contributed by atoms with Gasteiger partial charge in [-0.25, -0.2) is 9.78 Å². The van der Waals surface area contributed by atoms with E-state index in [-0.39, 0.29) is 109 Å². The number of imidazole rings is 1. The van der Waals surface area contributed by atoms with Gasteiger partial charge in [-0.15, -0.1) is 10.2 Å². The first-order chi connectivity index (χ1) is 33.6. The van der Waals surface area contributed by atoms with E-state index in [0.29, 0.717) is 42.4 Å². The Morgan fingerprint density at radius 3 is 2.04 bits per heavy atom. The first kappa shape index (κ1) is 55.7. The van der Waals surface area contributed by atoms with E-state index in [1.54, 1.807) is 13.8 Å². The number of ether oxygens (including phenoxy) is 4.